The molecule has 1 heterocycles. The van der Waals surface area contributed by atoms with E-state index in [1.54, 1.807) is 24.3 Å². The summed E-state index contributed by atoms with van der Waals surface area (Å²) in [6.45, 7) is 0. The lowest BCUT2D eigenvalue weighted by Crippen LogP contribution is -2.26. The summed E-state index contributed by atoms with van der Waals surface area (Å²) in [4.78, 5) is 0. The van der Waals surface area contributed by atoms with Gasteiger partial charge in [0.25, 0.3) is 0 Å². The second kappa shape index (κ2) is 7.40. The van der Waals surface area contributed by atoms with E-state index >= 15 is 0 Å². The van der Waals surface area contributed by atoms with E-state index in [0.717, 1.165) is 22.4 Å². The molecule has 4 nitrogen and oxygen atoms in total. The zero-order chi connectivity index (χ0) is 20.6. The van der Waals surface area contributed by atoms with E-state index in [0.29, 0.717) is 11.1 Å². The molecule has 1 aliphatic rings. The van der Waals surface area contributed by atoms with E-state index in [1.807, 2.05) is 78.9 Å². The minimum Gasteiger partial charge on any atom is -0.508 e. The predicted molar refractivity (Wildman–Crippen MR) is 121 cm³/mol. The molecule has 148 valence electrons. The lowest BCUT2D eigenvalue weighted by Gasteiger charge is -2.34. The zero-order valence-electron chi connectivity index (χ0n) is 16.1. The fraction of sp³-hybridized carbons (Fsp3) is 0.0400. The van der Waals surface area contributed by atoms with Crippen molar-refractivity contribution in [3.63, 3.8) is 0 Å². The molecule has 0 radical (unpaired) electrons. The van der Waals surface area contributed by atoms with Crippen LogP contribution in [-0.4, -0.2) is 5.11 Å². The molecule has 4 aromatic rings. The topological polar surface area (TPSA) is 58.6 Å². The minimum absolute atomic E-state index is 0.158. The van der Waals surface area contributed by atoms with Crippen molar-refractivity contribution < 1.29 is 14.2 Å². The highest BCUT2D eigenvalue weighted by molar-refractivity contribution is 7.68. The van der Waals surface area contributed by atoms with E-state index < -0.39 is 13.2 Å². The summed E-state index contributed by atoms with van der Waals surface area (Å²) in [7, 11) is -3.44. The van der Waals surface area contributed by atoms with Gasteiger partial charge in [-0.2, -0.15) is 0 Å². The second-order valence-corrected chi connectivity index (χ2v) is 9.58. The van der Waals surface area contributed by atoms with Gasteiger partial charge in [0, 0.05) is 11.3 Å². The molecule has 2 atom stereocenters. The van der Waals surface area contributed by atoms with E-state index in [4.69, 9.17) is 4.52 Å². The first-order valence-corrected chi connectivity index (χ1v) is 11.4. The lowest BCUT2D eigenvalue weighted by atomic mass is 10.0. The van der Waals surface area contributed by atoms with Crippen LogP contribution in [0.25, 0.3) is 11.1 Å². The third-order valence-corrected chi connectivity index (χ3v) is 7.91. The molecule has 2 N–H and O–H groups in total. The van der Waals surface area contributed by atoms with Crippen LogP contribution < -0.4 is 15.1 Å². The number of phenols is 1. The Bertz CT molecular complexity index is 1240. The smallest absolute Gasteiger partial charge is 0.303 e. The van der Waals surface area contributed by atoms with Crippen molar-refractivity contribution in [2.45, 2.75) is 5.78 Å². The van der Waals surface area contributed by atoms with Crippen LogP contribution in [0.5, 0.6) is 11.5 Å². The predicted octanol–water partition coefficient (Wildman–Crippen LogP) is 6.17. The first-order chi connectivity index (χ1) is 14.6. The standard InChI is InChI=1S/C25H20NO3P/c27-20-16-14-18(15-17-20)25(26-19-8-2-1-3-9-19)30(28)24-13-7-5-11-22(24)21-10-4-6-12-23(21)29-30/h1-17,25-27H. The van der Waals surface area contributed by atoms with Crippen molar-refractivity contribution in [3.8, 4) is 22.6 Å². The van der Waals surface area contributed by atoms with E-state index in [9.17, 15) is 9.67 Å². The summed E-state index contributed by atoms with van der Waals surface area (Å²) < 4.78 is 21.0. The van der Waals surface area contributed by atoms with E-state index in [1.165, 1.54) is 0 Å². The molecular formula is C25H20NO3P. The summed E-state index contributed by atoms with van der Waals surface area (Å²) >= 11 is 0. The number of hydrogen-bond donors (Lipinski definition) is 2. The molecule has 5 heteroatoms. The Morgan fingerprint density at radius 1 is 0.733 bits per heavy atom. The summed E-state index contributed by atoms with van der Waals surface area (Å²) in [6.07, 6.45) is 0. The highest BCUT2D eigenvalue weighted by atomic mass is 31.2. The third kappa shape index (κ3) is 3.16. The molecule has 0 spiro atoms. The highest BCUT2D eigenvalue weighted by Crippen LogP contribution is 2.63. The van der Waals surface area contributed by atoms with Crippen molar-refractivity contribution in [1.82, 2.24) is 0 Å². The number of aromatic hydroxyl groups is 1. The van der Waals surface area contributed by atoms with Gasteiger partial charge < -0.3 is 14.9 Å². The van der Waals surface area contributed by atoms with Gasteiger partial charge >= 0.3 is 7.37 Å². The maximum absolute atomic E-state index is 14.7. The molecule has 0 bridgehead atoms. The van der Waals surface area contributed by atoms with Crippen LogP contribution in [0.15, 0.2) is 103 Å². The molecular weight excluding hydrogens is 393 g/mol. The van der Waals surface area contributed by atoms with Crippen LogP contribution >= 0.6 is 7.37 Å². The van der Waals surface area contributed by atoms with Crippen LogP contribution in [0.3, 0.4) is 0 Å². The monoisotopic (exact) mass is 413 g/mol. The minimum atomic E-state index is -3.44. The summed E-state index contributed by atoms with van der Waals surface area (Å²) in [5.41, 5.74) is 3.46. The van der Waals surface area contributed by atoms with Gasteiger partial charge in [-0.1, -0.05) is 66.7 Å². The molecule has 0 saturated carbocycles. The maximum Gasteiger partial charge on any atom is 0.303 e. The van der Waals surface area contributed by atoms with Crippen molar-refractivity contribution in [3.05, 3.63) is 109 Å². The van der Waals surface area contributed by atoms with Gasteiger partial charge in [0.15, 0.2) is 0 Å². The number of para-hydroxylation sites is 2. The first-order valence-electron chi connectivity index (χ1n) is 9.74. The molecule has 5 rings (SSSR count). The fourth-order valence-electron chi connectivity index (χ4n) is 3.84. The quantitative estimate of drug-likeness (QED) is 0.393. The number of anilines is 1. The highest BCUT2D eigenvalue weighted by Gasteiger charge is 2.44. The second-order valence-electron chi connectivity index (χ2n) is 7.21. The molecule has 4 aromatic carbocycles. The SMILES string of the molecule is O=P1(C(Nc2ccccc2)c2ccc(O)cc2)Oc2ccccc2-c2ccccc21. The molecule has 0 amide bonds. The molecule has 0 aromatic heterocycles. The van der Waals surface area contributed by atoms with Gasteiger partial charge in [-0.15, -0.1) is 0 Å². The molecule has 1 aliphatic heterocycles. The van der Waals surface area contributed by atoms with Crippen LogP contribution in [0, 0.1) is 0 Å². The average molecular weight is 413 g/mol. The van der Waals surface area contributed by atoms with Gasteiger partial charge in [-0.25, -0.2) is 0 Å². The van der Waals surface area contributed by atoms with Crippen molar-refractivity contribution in [1.29, 1.82) is 0 Å². The number of fused-ring (bicyclic) bond motifs is 3. The molecule has 30 heavy (non-hydrogen) atoms. The largest absolute Gasteiger partial charge is 0.508 e. The van der Waals surface area contributed by atoms with Gasteiger partial charge in [-0.3, -0.25) is 4.57 Å². The van der Waals surface area contributed by atoms with Crippen LogP contribution in [0.4, 0.5) is 5.69 Å². The van der Waals surface area contributed by atoms with E-state index in [2.05, 4.69) is 5.32 Å². The van der Waals surface area contributed by atoms with E-state index in [-0.39, 0.29) is 5.75 Å². The normalized spacial score (nSPS) is 17.9. The Labute approximate surface area is 175 Å². The van der Waals surface area contributed by atoms with Crippen molar-refractivity contribution >= 4 is 18.4 Å². The van der Waals surface area contributed by atoms with Crippen LogP contribution in [0.1, 0.15) is 11.3 Å². The number of nitrogens with one attached hydrogen (secondary N) is 1. The van der Waals surface area contributed by atoms with Crippen molar-refractivity contribution in [2.75, 3.05) is 5.32 Å². The summed E-state index contributed by atoms with van der Waals surface area (Å²) in [5, 5.41) is 13.9. The molecule has 2 unspecified atom stereocenters. The van der Waals surface area contributed by atoms with Crippen LogP contribution in [-0.2, 0) is 4.57 Å². The number of hydrogen-bond acceptors (Lipinski definition) is 4. The van der Waals surface area contributed by atoms with Gasteiger partial charge in [-0.05, 0) is 47.5 Å². The lowest BCUT2D eigenvalue weighted by molar-refractivity contribution is 0.473. The summed E-state index contributed by atoms with van der Waals surface area (Å²) in [6, 6.07) is 31.8. The zero-order valence-corrected chi connectivity index (χ0v) is 17.0. The van der Waals surface area contributed by atoms with Gasteiger partial charge in [0.05, 0.1) is 5.30 Å². The number of phenolic OH excluding ortho intramolecular Hbond substituents is 1. The Morgan fingerprint density at radius 3 is 2.13 bits per heavy atom. The van der Waals surface area contributed by atoms with Gasteiger partial charge in [0.1, 0.15) is 17.3 Å². The van der Waals surface area contributed by atoms with Crippen molar-refractivity contribution in [2.24, 2.45) is 0 Å². The van der Waals surface area contributed by atoms with Crippen LogP contribution in [0.2, 0.25) is 0 Å². The summed E-state index contributed by atoms with van der Waals surface area (Å²) in [5.74, 6) is 0.138. The molecule has 0 saturated heterocycles. The molecule has 0 fully saturated rings. The Hall–Kier alpha value is -3.49. The molecule has 0 aliphatic carbocycles. The number of rotatable bonds is 4. The first kappa shape index (κ1) is 18.5. The Balaban J connectivity index is 1.70. The average Bonchev–Trinajstić information content (AvgIpc) is 2.79. The maximum atomic E-state index is 14.7. The third-order valence-electron chi connectivity index (χ3n) is 5.28. The van der Waals surface area contributed by atoms with Gasteiger partial charge in [0.2, 0.25) is 0 Å². The Morgan fingerprint density at radius 2 is 1.37 bits per heavy atom. The number of benzene rings is 4. The Kier molecular flexibility index (Phi) is 4.57. The fourth-order valence-corrected chi connectivity index (χ4v) is 6.48.